The highest BCUT2D eigenvalue weighted by atomic mass is 32.2. The molecule has 4 heteroatoms. The highest BCUT2D eigenvalue weighted by Crippen LogP contribution is 2.26. The van der Waals surface area contributed by atoms with Crippen LogP contribution in [0.25, 0.3) is 0 Å². The van der Waals surface area contributed by atoms with E-state index in [0.29, 0.717) is 5.69 Å². The maximum Gasteiger partial charge on any atom is 0.147 e. The van der Waals surface area contributed by atoms with Gasteiger partial charge < -0.3 is 10.3 Å². The summed E-state index contributed by atoms with van der Waals surface area (Å²) in [5, 5.41) is 7.53. The molecular formula is C12H15FN2S. The lowest BCUT2D eigenvalue weighted by molar-refractivity contribution is 0.610. The van der Waals surface area contributed by atoms with Gasteiger partial charge in [-0.05, 0) is 24.5 Å². The molecule has 1 aliphatic rings. The second-order valence-electron chi connectivity index (χ2n) is 3.91. The molecule has 0 amide bonds. The molecule has 0 unspecified atom stereocenters. The largest absolute Gasteiger partial charge is 0.368 e. The number of anilines is 1. The maximum absolute atomic E-state index is 13.8. The van der Waals surface area contributed by atoms with Gasteiger partial charge in [-0.25, -0.2) is 4.39 Å². The molecule has 1 aromatic carbocycles. The van der Waals surface area contributed by atoms with Gasteiger partial charge in [-0.15, -0.1) is 11.8 Å². The van der Waals surface area contributed by atoms with E-state index in [2.05, 4.69) is 0 Å². The lowest BCUT2D eigenvalue weighted by Crippen LogP contribution is -2.34. The fraction of sp³-hybridized carbons (Fsp3) is 0.417. The topological polar surface area (TPSA) is 27.1 Å². The molecule has 1 aliphatic heterocycles. The van der Waals surface area contributed by atoms with Crippen molar-refractivity contribution in [2.75, 3.05) is 24.2 Å². The first-order valence-electron chi connectivity index (χ1n) is 5.35. The molecule has 0 radical (unpaired) electrons. The molecule has 0 bridgehead atoms. The Morgan fingerprint density at radius 1 is 1.31 bits per heavy atom. The number of thioether (sulfide) groups is 1. The Kier molecular flexibility index (Phi) is 3.49. The number of piperidine rings is 1. The van der Waals surface area contributed by atoms with Gasteiger partial charge in [-0.2, -0.15) is 0 Å². The predicted octanol–water partition coefficient (Wildman–Crippen LogP) is 3.17. The smallest absolute Gasteiger partial charge is 0.147 e. The number of benzene rings is 1. The average Bonchev–Trinajstić information content (AvgIpc) is 2.30. The van der Waals surface area contributed by atoms with Crippen molar-refractivity contribution in [3.8, 4) is 0 Å². The van der Waals surface area contributed by atoms with Gasteiger partial charge in [-0.1, -0.05) is 0 Å². The molecule has 0 saturated carbocycles. The van der Waals surface area contributed by atoms with Crippen LogP contribution in [0.5, 0.6) is 0 Å². The SMILES string of the molecule is CSc1ccc(N2CCC(=N)CC2)c(F)c1. The normalized spacial score (nSPS) is 16.6. The molecule has 0 aliphatic carbocycles. The zero-order valence-electron chi connectivity index (χ0n) is 9.29. The van der Waals surface area contributed by atoms with E-state index in [-0.39, 0.29) is 5.82 Å². The summed E-state index contributed by atoms with van der Waals surface area (Å²) in [6.45, 7) is 1.52. The maximum atomic E-state index is 13.8. The van der Waals surface area contributed by atoms with Crippen molar-refractivity contribution in [3.63, 3.8) is 0 Å². The van der Waals surface area contributed by atoms with E-state index in [9.17, 15) is 4.39 Å². The van der Waals surface area contributed by atoms with Gasteiger partial charge in [0.1, 0.15) is 5.82 Å². The zero-order valence-corrected chi connectivity index (χ0v) is 10.1. The molecule has 0 atom stereocenters. The molecule has 1 N–H and O–H groups in total. The van der Waals surface area contributed by atoms with Gasteiger partial charge in [0.05, 0.1) is 5.69 Å². The third kappa shape index (κ3) is 2.38. The number of halogens is 1. The number of rotatable bonds is 2. The minimum Gasteiger partial charge on any atom is -0.368 e. The first-order chi connectivity index (χ1) is 7.70. The second-order valence-corrected chi connectivity index (χ2v) is 4.79. The standard InChI is InChI=1S/C12H15FN2S/c1-16-10-2-3-12(11(13)8-10)15-6-4-9(14)5-7-15/h2-3,8,14H,4-7H2,1H3. The van der Waals surface area contributed by atoms with E-state index < -0.39 is 0 Å². The van der Waals surface area contributed by atoms with Crippen LogP contribution in [0.2, 0.25) is 0 Å². The van der Waals surface area contributed by atoms with Crippen LogP contribution in [0.1, 0.15) is 12.8 Å². The Morgan fingerprint density at radius 3 is 2.56 bits per heavy atom. The van der Waals surface area contributed by atoms with Crippen LogP contribution in [0.3, 0.4) is 0 Å². The van der Waals surface area contributed by atoms with E-state index in [0.717, 1.165) is 36.5 Å². The second kappa shape index (κ2) is 4.87. The van der Waals surface area contributed by atoms with Gasteiger partial charge in [0.2, 0.25) is 0 Å². The highest BCUT2D eigenvalue weighted by Gasteiger charge is 2.17. The molecular weight excluding hydrogens is 223 g/mol. The van der Waals surface area contributed by atoms with Crippen LogP contribution in [0.15, 0.2) is 23.1 Å². The van der Waals surface area contributed by atoms with Crippen LogP contribution < -0.4 is 4.90 Å². The summed E-state index contributed by atoms with van der Waals surface area (Å²) in [5.41, 5.74) is 1.45. The van der Waals surface area contributed by atoms with Crippen molar-refractivity contribution >= 4 is 23.2 Å². The van der Waals surface area contributed by atoms with Crippen molar-refractivity contribution < 1.29 is 4.39 Å². The van der Waals surface area contributed by atoms with Crippen molar-refractivity contribution in [2.45, 2.75) is 17.7 Å². The number of hydrogen-bond acceptors (Lipinski definition) is 3. The Labute approximate surface area is 99.3 Å². The number of nitrogens with zero attached hydrogens (tertiary/aromatic N) is 1. The molecule has 0 aromatic heterocycles. The van der Waals surface area contributed by atoms with Crippen LogP contribution in [-0.4, -0.2) is 25.1 Å². The van der Waals surface area contributed by atoms with Crippen molar-refractivity contribution in [3.05, 3.63) is 24.0 Å². The van der Waals surface area contributed by atoms with Crippen LogP contribution in [0.4, 0.5) is 10.1 Å². The Balaban J connectivity index is 2.17. The summed E-state index contributed by atoms with van der Waals surface area (Å²) in [6.07, 6.45) is 3.45. The lowest BCUT2D eigenvalue weighted by atomic mass is 10.1. The van der Waals surface area contributed by atoms with E-state index in [1.165, 1.54) is 0 Å². The van der Waals surface area contributed by atoms with Crippen LogP contribution >= 0.6 is 11.8 Å². The zero-order chi connectivity index (χ0) is 11.5. The minimum absolute atomic E-state index is 0.153. The third-order valence-corrected chi connectivity index (χ3v) is 3.59. The van der Waals surface area contributed by atoms with Gasteiger partial charge in [0, 0.05) is 36.5 Å². The fourth-order valence-corrected chi connectivity index (χ4v) is 2.31. The van der Waals surface area contributed by atoms with E-state index in [1.807, 2.05) is 23.3 Å². The Morgan fingerprint density at radius 2 is 2.00 bits per heavy atom. The Bertz CT molecular complexity index is 396. The van der Waals surface area contributed by atoms with Gasteiger partial charge in [0.25, 0.3) is 0 Å². The summed E-state index contributed by atoms with van der Waals surface area (Å²) in [6, 6.07) is 5.37. The monoisotopic (exact) mass is 238 g/mol. The first kappa shape index (κ1) is 11.5. The third-order valence-electron chi connectivity index (χ3n) is 2.86. The summed E-state index contributed by atoms with van der Waals surface area (Å²) in [4.78, 5) is 2.98. The van der Waals surface area contributed by atoms with Gasteiger partial charge in [0.15, 0.2) is 0 Å². The van der Waals surface area contributed by atoms with E-state index in [4.69, 9.17) is 5.41 Å². The van der Waals surface area contributed by atoms with Crippen LogP contribution in [0, 0.1) is 11.2 Å². The molecule has 2 rings (SSSR count). The molecule has 0 spiro atoms. The summed E-state index contributed by atoms with van der Waals surface area (Å²) in [5.74, 6) is -0.153. The van der Waals surface area contributed by atoms with Crippen molar-refractivity contribution in [1.29, 1.82) is 5.41 Å². The molecule has 2 nitrogen and oxygen atoms in total. The van der Waals surface area contributed by atoms with Gasteiger partial charge in [-0.3, -0.25) is 0 Å². The summed E-state index contributed by atoms with van der Waals surface area (Å²) >= 11 is 1.55. The predicted molar refractivity (Wildman–Crippen MR) is 67.4 cm³/mol. The molecule has 86 valence electrons. The minimum atomic E-state index is -0.153. The lowest BCUT2D eigenvalue weighted by Gasteiger charge is -2.29. The summed E-state index contributed by atoms with van der Waals surface area (Å²) in [7, 11) is 0. The van der Waals surface area contributed by atoms with Crippen molar-refractivity contribution in [1.82, 2.24) is 0 Å². The molecule has 1 heterocycles. The molecule has 1 aromatic rings. The van der Waals surface area contributed by atoms with E-state index in [1.54, 1.807) is 17.8 Å². The first-order valence-corrected chi connectivity index (χ1v) is 6.58. The fourth-order valence-electron chi connectivity index (χ4n) is 1.89. The average molecular weight is 238 g/mol. The van der Waals surface area contributed by atoms with E-state index >= 15 is 0 Å². The molecule has 1 saturated heterocycles. The number of nitrogens with one attached hydrogen (secondary N) is 1. The molecule has 1 fully saturated rings. The van der Waals surface area contributed by atoms with Gasteiger partial charge >= 0.3 is 0 Å². The molecule has 16 heavy (non-hydrogen) atoms. The Hall–Kier alpha value is -1.03. The van der Waals surface area contributed by atoms with Crippen LogP contribution in [-0.2, 0) is 0 Å². The van der Waals surface area contributed by atoms with Crippen molar-refractivity contribution in [2.24, 2.45) is 0 Å². The summed E-state index contributed by atoms with van der Waals surface area (Å²) < 4.78 is 13.8. The number of hydrogen-bond donors (Lipinski definition) is 1. The highest BCUT2D eigenvalue weighted by molar-refractivity contribution is 7.98. The quantitative estimate of drug-likeness (QED) is 0.801.